The third-order valence-corrected chi connectivity index (χ3v) is 1.68. The third-order valence-electron chi connectivity index (χ3n) is 1.68. The van der Waals surface area contributed by atoms with Crippen molar-refractivity contribution in [2.45, 2.75) is 19.6 Å². The van der Waals surface area contributed by atoms with Gasteiger partial charge in [-0.25, -0.2) is 10.2 Å². The minimum absolute atomic E-state index is 0.200. The number of benzene rings is 1. The molecule has 1 atom stereocenters. The second kappa shape index (κ2) is 6.58. The van der Waals surface area contributed by atoms with Gasteiger partial charge in [-0.15, -0.1) is 0 Å². The van der Waals surface area contributed by atoms with Crippen LogP contribution in [-0.2, 0) is 11.3 Å². The summed E-state index contributed by atoms with van der Waals surface area (Å²) in [5.41, 5.74) is 8.54. The number of carbonyl (C=O) groups excluding carboxylic acids is 1. The van der Waals surface area contributed by atoms with Crippen molar-refractivity contribution in [1.82, 2.24) is 5.43 Å². The van der Waals surface area contributed by atoms with Crippen molar-refractivity contribution < 1.29 is 9.53 Å². The van der Waals surface area contributed by atoms with Crippen molar-refractivity contribution in [1.29, 1.82) is 0 Å². The molecule has 16 heavy (non-hydrogen) atoms. The van der Waals surface area contributed by atoms with E-state index in [1.165, 1.54) is 6.21 Å². The summed E-state index contributed by atoms with van der Waals surface area (Å²) in [6.45, 7) is 1.97. The first-order valence-electron chi connectivity index (χ1n) is 4.94. The number of hydrogen-bond acceptors (Lipinski definition) is 4. The van der Waals surface area contributed by atoms with Crippen LogP contribution in [0.5, 0.6) is 0 Å². The van der Waals surface area contributed by atoms with E-state index >= 15 is 0 Å². The van der Waals surface area contributed by atoms with E-state index in [4.69, 9.17) is 10.5 Å². The van der Waals surface area contributed by atoms with Gasteiger partial charge in [-0.3, -0.25) is 0 Å². The maximum atomic E-state index is 11.1. The average molecular weight is 221 g/mol. The molecule has 1 aromatic carbocycles. The van der Waals surface area contributed by atoms with Crippen LogP contribution in [-0.4, -0.2) is 18.3 Å². The lowest BCUT2D eigenvalue weighted by atomic mass is 10.2. The van der Waals surface area contributed by atoms with Gasteiger partial charge in [0.2, 0.25) is 0 Å². The second-order valence-corrected chi connectivity index (χ2v) is 3.31. The molecular weight excluding hydrogens is 206 g/mol. The molecule has 5 nitrogen and oxygen atoms in total. The van der Waals surface area contributed by atoms with Gasteiger partial charge in [0.15, 0.2) is 0 Å². The Labute approximate surface area is 94.3 Å². The normalized spacial score (nSPS) is 12.4. The summed E-state index contributed by atoms with van der Waals surface area (Å²) in [7, 11) is 0. The molecule has 0 aliphatic heterocycles. The molecule has 86 valence electrons. The maximum Gasteiger partial charge on any atom is 0.428 e. The highest BCUT2D eigenvalue weighted by Gasteiger charge is 1.99. The van der Waals surface area contributed by atoms with Crippen molar-refractivity contribution in [3.05, 3.63) is 35.9 Å². The molecule has 0 saturated heterocycles. The van der Waals surface area contributed by atoms with Crippen molar-refractivity contribution in [2.24, 2.45) is 10.8 Å². The van der Waals surface area contributed by atoms with Crippen molar-refractivity contribution >= 4 is 12.3 Å². The van der Waals surface area contributed by atoms with Crippen LogP contribution in [0.1, 0.15) is 12.5 Å². The van der Waals surface area contributed by atoms with Crippen molar-refractivity contribution in [3.8, 4) is 0 Å². The average Bonchev–Trinajstić information content (AvgIpc) is 2.27. The van der Waals surface area contributed by atoms with E-state index in [1.54, 1.807) is 6.92 Å². The standard InChI is InChI=1S/C11H15N3O2/c1-9(12)7-13-14-11(15)16-8-10-5-3-2-4-6-10/h2-7,9H,8,12H2,1H3,(H,14,15)/b13-7+. The molecule has 0 bridgehead atoms. The summed E-state index contributed by atoms with van der Waals surface area (Å²) < 4.78 is 4.91. The monoisotopic (exact) mass is 221 g/mol. The van der Waals surface area contributed by atoms with Crippen LogP contribution in [0.3, 0.4) is 0 Å². The predicted molar refractivity (Wildman–Crippen MR) is 61.9 cm³/mol. The van der Waals surface area contributed by atoms with Gasteiger partial charge in [0.05, 0.1) is 0 Å². The van der Waals surface area contributed by atoms with Crippen LogP contribution in [0.25, 0.3) is 0 Å². The summed E-state index contributed by atoms with van der Waals surface area (Å²) in [5, 5.41) is 3.61. The fourth-order valence-electron chi connectivity index (χ4n) is 0.963. The third kappa shape index (κ3) is 5.11. The summed E-state index contributed by atoms with van der Waals surface area (Å²) in [6.07, 6.45) is 0.824. The van der Waals surface area contributed by atoms with Gasteiger partial charge in [0.25, 0.3) is 0 Å². The van der Waals surface area contributed by atoms with Gasteiger partial charge in [-0.05, 0) is 12.5 Å². The molecule has 1 amide bonds. The number of hydrazone groups is 1. The van der Waals surface area contributed by atoms with E-state index in [0.29, 0.717) is 0 Å². The molecule has 0 aromatic heterocycles. The first kappa shape index (κ1) is 12.2. The Morgan fingerprint density at radius 3 is 2.88 bits per heavy atom. The Bertz CT molecular complexity index is 350. The molecular formula is C11H15N3O2. The molecule has 5 heteroatoms. The largest absolute Gasteiger partial charge is 0.443 e. The molecule has 0 saturated carbocycles. The predicted octanol–water partition coefficient (Wildman–Crippen LogP) is 1.25. The zero-order chi connectivity index (χ0) is 11.8. The summed E-state index contributed by atoms with van der Waals surface area (Å²) >= 11 is 0. The van der Waals surface area contributed by atoms with E-state index in [9.17, 15) is 4.79 Å². The van der Waals surface area contributed by atoms with E-state index in [0.717, 1.165) is 5.56 Å². The molecule has 1 aromatic rings. The van der Waals surface area contributed by atoms with Crippen molar-refractivity contribution in [2.75, 3.05) is 0 Å². The van der Waals surface area contributed by atoms with Crippen LogP contribution in [0.4, 0.5) is 4.79 Å². The van der Waals surface area contributed by atoms with Gasteiger partial charge < -0.3 is 10.5 Å². The Hall–Kier alpha value is -1.88. The second-order valence-electron chi connectivity index (χ2n) is 3.31. The number of nitrogens with one attached hydrogen (secondary N) is 1. The fourth-order valence-corrected chi connectivity index (χ4v) is 0.963. The molecule has 1 rings (SSSR count). The number of nitrogens with two attached hydrogens (primary N) is 1. The van der Waals surface area contributed by atoms with Crippen LogP contribution in [0.2, 0.25) is 0 Å². The highest BCUT2D eigenvalue weighted by Crippen LogP contribution is 2.00. The van der Waals surface area contributed by atoms with E-state index in [1.807, 2.05) is 30.3 Å². The molecule has 1 unspecified atom stereocenters. The van der Waals surface area contributed by atoms with Crippen LogP contribution >= 0.6 is 0 Å². The van der Waals surface area contributed by atoms with Crippen LogP contribution in [0, 0.1) is 0 Å². The number of rotatable bonds is 4. The maximum absolute atomic E-state index is 11.1. The van der Waals surface area contributed by atoms with E-state index in [-0.39, 0.29) is 12.6 Å². The molecule has 3 N–H and O–H groups in total. The number of carbonyl (C=O) groups is 1. The lowest BCUT2D eigenvalue weighted by molar-refractivity contribution is 0.140. The first-order valence-corrected chi connectivity index (χ1v) is 4.94. The number of hydrogen-bond donors (Lipinski definition) is 2. The topological polar surface area (TPSA) is 76.7 Å². The lowest BCUT2D eigenvalue weighted by Gasteiger charge is -2.03. The van der Waals surface area contributed by atoms with Crippen molar-refractivity contribution in [3.63, 3.8) is 0 Å². The van der Waals surface area contributed by atoms with Gasteiger partial charge in [-0.2, -0.15) is 5.10 Å². The smallest absolute Gasteiger partial charge is 0.428 e. The van der Waals surface area contributed by atoms with E-state index < -0.39 is 6.09 Å². The van der Waals surface area contributed by atoms with Gasteiger partial charge in [0, 0.05) is 12.3 Å². The summed E-state index contributed by atoms with van der Waals surface area (Å²) in [5.74, 6) is 0. The first-order chi connectivity index (χ1) is 7.68. The number of ether oxygens (including phenoxy) is 1. The minimum Gasteiger partial charge on any atom is -0.443 e. The molecule has 0 fully saturated rings. The lowest BCUT2D eigenvalue weighted by Crippen LogP contribution is -2.22. The summed E-state index contributed by atoms with van der Waals surface area (Å²) in [4.78, 5) is 11.1. The minimum atomic E-state index is -0.597. The van der Waals surface area contributed by atoms with E-state index in [2.05, 4.69) is 10.5 Å². The molecule has 0 radical (unpaired) electrons. The van der Waals surface area contributed by atoms with Crippen LogP contribution < -0.4 is 11.2 Å². The van der Waals surface area contributed by atoms with Gasteiger partial charge in [0.1, 0.15) is 6.61 Å². The molecule has 0 aliphatic rings. The highest BCUT2D eigenvalue weighted by atomic mass is 16.5. The Morgan fingerprint density at radius 2 is 2.25 bits per heavy atom. The van der Waals surface area contributed by atoms with Gasteiger partial charge in [-0.1, -0.05) is 30.3 Å². The summed E-state index contributed by atoms with van der Waals surface area (Å²) in [6, 6.07) is 9.21. The Morgan fingerprint density at radius 1 is 1.56 bits per heavy atom. The SMILES string of the molecule is CC(N)/C=N/NC(=O)OCc1ccccc1. The quantitative estimate of drug-likeness (QED) is 0.593. The zero-order valence-electron chi connectivity index (χ0n) is 9.09. The zero-order valence-corrected chi connectivity index (χ0v) is 9.09. The molecule has 0 spiro atoms. The number of nitrogens with zero attached hydrogens (tertiary/aromatic N) is 1. The Kier molecular flexibility index (Phi) is 5.01. The number of amides is 1. The van der Waals surface area contributed by atoms with Crippen LogP contribution in [0.15, 0.2) is 35.4 Å². The highest BCUT2D eigenvalue weighted by molar-refractivity contribution is 5.70. The fraction of sp³-hybridized carbons (Fsp3) is 0.273. The Balaban J connectivity index is 2.26. The van der Waals surface area contributed by atoms with Gasteiger partial charge >= 0.3 is 6.09 Å². The molecule has 0 aliphatic carbocycles. The molecule has 0 heterocycles.